The van der Waals surface area contributed by atoms with E-state index in [2.05, 4.69) is 15.4 Å². The van der Waals surface area contributed by atoms with E-state index in [0.717, 1.165) is 30.7 Å². The molecule has 1 aliphatic heterocycles. The van der Waals surface area contributed by atoms with Crippen molar-refractivity contribution in [3.63, 3.8) is 0 Å². The largest absolute Gasteiger partial charge is 0.371 e. The average molecular weight is 314 g/mol. The van der Waals surface area contributed by atoms with Gasteiger partial charge in [-0.25, -0.2) is 0 Å². The molecular weight excluding hydrogens is 292 g/mol. The molecule has 1 amide bonds. The number of aryl methyl sites for hydroxylation is 2. The Morgan fingerprint density at radius 3 is 2.91 bits per heavy atom. The zero-order valence-corrected chi connectivity index (χ0v) is 13.3. The summed E-state index contributed by atoms with van der Waals surface area (Å²) in [6.45, 7) is 0.731. The van der Waals surface area contributed by atoms with Crippen molar-refractivity contribution in [3.05, 3.63) is 48.0 Å². The maximum Gasteiger partial charge on any atom is 0.220 e. The normalized spacial score (nSPS) is 21.1. The van der Waals surface area contributed by atoms with Gasteiger partial charge in [-0.3, -0.25) is 14.5 Å². The second-order valence-electron chi connectivity index (χ2n) is 5.83. The van der Waals surface area contributed by atoms with E-state index >= 15 is 0 Å². The zero-order valence-electron chi connectivity index (χ0n) is 13.3. The molecule has 6 heteroatoms. The minimum atomic E-state index is -0.0904. The number of hydrogen-bond acceptors (Lipinski definition) is 4. The molecule has 6 nitrogen and oxygen atoms in total. The van der Waals surface area contributed by atoms with Crippen molar-refractivity contribution in [2.45, 2.75) is 37.8 Å². The Labute approximate surface area is 135 Å². The standard InChI is InChI=1S/C17H22N4O2/c1-21-14(8-11-19-21)4-5-16(22)20-15-3-2-12-23-17(15)13-6-9-18-10-7-13/h6-11,15,17H,2-5,12H2,1H3,(H,20,22)/t15-,17+/m0/s1. The number of pyridine rings is 1. The summed E-state index contributed by atoms with van der Waals surface area (Å²) in [5, 5.41) is 7.26. The van der Waals surface area contributed by atoms with Gasteiger partial charge in [0.05, 0.1) is 6.04 Å². The smallest absolute Gasteiger partial charge is 0.220 e. The summed E-state index contributed by atoms with van der Waals surface area (Å²) in [6.07, 6.45) is 8.23. The van der Waals surface area contributed by atoms with Crippen molar-refractivity contribution in [2.75, 3.05) is 6.61 Å². The molecule has 3 heterocycles. The van der Waals surface area contributed by atoms with Crippen LogP contribution < -0.4 is 5.32 Å². The Kier molecular flexibility index (Phi) is 5.02. The van der Waals surface area contributed by atoms with Crippen LogP contribution in [0.3, 0.4) is 0 Å². The van der Waals surface area contributed by atoms with E-state index in [4.69, 9.17) is 4.74 Å². The molecule has 0 aromatic carbocycles. The Balaban J connectivity index is 1.58. The summed E-state index contributed by atoms with van der Waals surface area (Å²) in [7, 11) is 1.89. The first-order chi connectivity index (χ1) is 11.2. The fourth-order valence-electron chi connectivity index (χ4n) is 2.98. The molecule has 23 heavy (non-hydrogen) atoms. The van der Waals surface area contributed by atoms with Crippen LogP contribution in [-0.2, 0) is 23.0 Å². The molecular formula is C17H22N4O2. The summed E-state index contributed by atoms with van der Waals surface area (Å²) < 4.78 is 7.69. The fourth-order valence-corrected chi connectivity index (χ4v) is 2.98. The quantitative estimate of drug-likeness (QED) is 0.913. The van der Waals surface area contributed by atoms with Crippen molar-refractivity contribution in [1.29, 1.82) is 0 Å². The van der Waals surface area contributed by atoms with Gasteiger partial charge in [-0.2, -0.15) is 5.10 Å². The van der Waals surface area contributed by atoms with Crippen LogP contribution in [0.4, 0.5) is 0 Å². The lowest BCUT2D eigenvalue weighted by atomic mass is 9.96. The topological polar surface area (TPSA) is 69.0 Å². The molecule has 0 saturated carbocycles. The van der Waals surface area contributed by atoms with E-state index in [1.807, 2.05) is 25.2 Å². The molecule has 1 saturated heterocycles. The van der Waals surface area contributed by atoms with Crippen LogP contribution in [0.5, 0.6) is 0 Å². The predicted molar refractivity (Wildman–Crippen MR) is 85.6 cm³/mol. The van der Waals surface area contributed by atoms with Gasteiger partial charge in [0.1, 0.15) is 6.10 Å². The molecule has 0 spiro atoms. The summed E-state index contributed by atoms with van der Waals surface area (Å²) in [5.41, 5.74) is 2.13. The lowest BCUT2D eigenvalue weighted by Crippen LogP contribution is -2.42. The van der Waals surface area contributed by atoms with Crippen molar-refractivity contribution in [3.8, 4) is 0 Å². The lowest BCUT2D eigenvalue weighted by Gasteiger charge is -2.32. The Morgan fingerprint density at radius 1 is 1.35 bits per heavy atom. The van der Waals surface area contributed by atoms with E-state index in [1.54, 1.807) is 23.3 Å². The molecule has 2 atom stereocenters. The number of aromatic nitrogens is 3. The van der Waals surface area contributed by atoms with Crippen LogP contribution in [0.2, 0.25) is 0 Å². The highest BCUT2D eigenvalue weighted by atomic mass is 16.5. The summed E-state index contributed by atoms with van der Waals surface area (Å²) in [6, 6.07) is 5.86. The first-order valence-electron chi connectivity index (χ1n) is 8.02. The Morgan fingerprint density at radius 2 is 2.17 bits per heavy atom. The van der Waals surface area contributed by atoms with Gasteiger partial charge >= 0.3 is 0 Å². The Hall–Kier alpha value is -2.21. The van der Waals surface area contributed by atoms with E-state index in [-0.39, 0.29) is 18.1 Å². The highest BCUT2D eigenvalue weighted by molar-refractivity contribution is 5.76. The van der Waals surface area contributed by atoms with Crippen LogP contribution in [0, 0.1) is 0 Å². The first-order valence-corrected chi connectivity index (χ1v) is 8.02. The van der Waals surface area contributed by atoms with Gasteiger partial charge in [-0.15, -0.1) is 0 Å². The average Bonchev–Trinajstić information content (AvgIpc) is 2.99. The molecule has 0 bridgehead atoms. The molecule has 1 N–H and O–H groups in total. The van der Waals surface area contributed by atoms with Gasteiger partial charge in [0.15, 0.2) is 0 Å². The number of amides is 1. The number of carbonyl (C=O) groups excluding carboxylic acids is 1. The highest BCUT2D eigenvalue weighted by Crippen LogP contribution is 2.28. The number of nitrogens with zero attached hydrogens (tertiary/aromatic N) is 3. The minimum Gasteiger partial charge on any atom is -0.371 e. The highest BCUT2D eigenvalue weighted by Gasteiger charge is 2.28. The van der Waals surface area contributed by atoms with Crippen LogP contribution in [0.15, 0.2) is 36.8 Å². The molecule has 0 aliphatic carbocycles. The number of hydrogen-bond donors (Lipinski definition) is 1. The van der Waals surface area contributed by atoms with E-state index in [0.29, 0.717) is 12.8 Å². The number of carbonyl (C=O) groups is 1. The zero-order chi connectivity index (χ0) is 16.1. The first kappa shape index (κ1) is 15.7. The molecule has 0 radical (unpaired) electrons. The molecule has 2 aromatic rings. The Bertz CT molecular complexity index is 641. The van der Waals surface area contributed by atoms with Crippen molar-refractivity contribution in [1.82, 2.24) is 20.1 Å². The second-order valence-corrected chi connectivity index (χ2v) is 5.83. The maximum absolute atomic E-state index is 12.3. The van der Waals surface area contributed by atoms with E-state index in [9.17, 15) is 4.79 Å². The molecule has 2 aromatic heterocycles. The molecule has 3 rings (SSSR count). The van der Waals surface area contributed by atoms with Crippen LogP contribution in [0.25, 0.3) is 0 Å². The van der Waals surface area contributed by atoms with Gasteiger partial charge in [-0.05, 0) is 43.0 Å². The number of ether oxygens (including phenoxy) is 1. The monoisotopic (exact) mass is 314 g/mol. The van der Waals surface area contributed by atoms with Gasteiger partial charge in [0, 0.05) is 44.4 Å². The van der Waals surface area contributed by atoms with Gasteiger partial charge in [-0.1, -0.05) is 0 Å². The van der Waals surface area contributed by atoms with Gasteiger partial charge in [0.2, 0.25) is 5.91 Å². The van der Waals surface area contributed by atoms with E-state index in [1.165, 1.54) is 0 Å². The number of rotatable bonds is 5. The van der Waals surface area contributed by atoms with Gasteiger partial charge < -0.3 is 10.1 Å². The number of nitrogens with one attached hydrogen (secondary N) is 1. The minimum absolute atomic E-state index is 0.0187. The summed E-state index contributed by atoms with van der Waals surface area (Å²) in [5.74, 6) is 0.0563. The molecule has 1 aliphatic rings. The van der Waals surface area contributed by atoms with Crippen molar-refractivity contribution in [2.24, 2.45) is 7.05 Å². The second kappa shape index (κ2) is 7.37. The van der Waals surface area contributed by atoms with Crippen molar-refractivity contribution >= 4 is 5.91 Å². The van der Waals surface area contributed by atoms with Crippen LogP contribution >= 0.6 is 0 Å². The lowest BCUT2D eigenvalue weighted by molar-refractivity contribution is -0.124. The van der Waals surface area contributed by atoms with Crippen LogP contribution in [-0.4, -0.2) is 33.3 Å². The third kappa shape index (κ3) is 3.96. The SMILES string of the molecule is Cn1nccc1CCC(=O)N[C@H]1CCCO[C@@H]1c1ccncc1. The van der Waals surface area contributed by atoms with Crippen LogP contribution in [0.1, 0.15) is 36.6 Å². The predicted octanol–water partition coefficient (Wildman–Crippen LogP) is 1.78. The molecule has 0 unspecified atom stereocenters. The summed E-state index contributed by atoms with van der Waals surface area (Å²) in [4.78, 5) is 16.3. The maximum atomic E-state index is 12.3. The molecule has 1 fully saturated rings. The fraction of sp³-hybridized carbons (Fsp3) is 0.471. The third-order valence-electron chi connectivity index (χ3n) is 4.23. The third-order valence-corrected chi connectivity index (χ3v) is 4.23. The van der Waals surface area contributed by atoms with Crippen molar-refractivity contribution < 1.29 is 9.53 Å². The van der Waals surface area contributed by atoms with Gasteiger partial charge in [0.25, 0.3) is 0 Å². The summed E-state index contributed by atoms with van der Waals surface area (Å²) >= 11 is 0. The van der Waals surface area contributed by atoms with E-state index < -0.39 is 0 Å². The molecule has 122 valence electrons.